The summed E-state index contributed by atoms with van der Waals surface area (Å²) < 4.78 is 0. The summed E-state index contributed by atoms with van der Waals surface area (Å²) >= 11 is 0. The van der Waals surface area contributed by atoms with E-state index in [1.807, 2.05) is 0 Å². The maximum absolute atomic E-state index is 11.9. The Morgan fingerprint density at radius 3 is 2.71 bits per heavy atom. The Balaban J connectivity index is 2.48. The molecule has 0 spiro atoms. The smallest absolute Gasteiger partial charge is 0.326 e. The number of carbonyl (C=O) groups excluding carboxylic acids is 1. The number of hydrogen-bond acceptors (Lipinski definition) is 3. The van der Waals surface area contributed by atoms with Crippen LogP contribution in [0.3, 0.4) is 0 Å². The van der Waals surface area contributed by atoms with Crippen LogP contribution < -0.4 is 10.6 Å². The summed E-state index contributed by atoms with van der Waals surface area (Å²) in [5, 5.41) is 14.6. The molecule has 5 heteroatoms. The van der Waals surface area contributed by atoms with E-state index in [9.17, 15) is 9.59 Å². The SMILES string of the molecule is CCC1CCNC(C(=O)N[C@@H](CC)C(=O)O)C1. The van der Waals surface area contributed by atoms with Gasteiger partial charge in [-0.15, -0.1) is 0 Å². The fraction of sp³-hybridized carbons (Fsp3) is 0.833. The maximum Gasteiger partial charge on any atom is 0.326 e. The third-order valence-corrected chi connectivity index (χ3v) is 3.43. The average molecular weight is 242 g/mol. The summed E-state index contributed by atoms with van der Waals surface area (Å²) in [4.78, 5) is 22.7. The van der Waals surface area contributed by atoms with Crippen LogP contribution in [0.2, 0.25) is 0 Å². The summed E-state index contributed by atoms with van der Waals surface area (Å²) in [6.07, 6.45) is 3.38. The van der Waals surface area contributed by atoms with Gasteiger partial charge in [0.25, 0.3) is 0 Å². The van der Waals surface area contributed by atoms with Gasteiger partial charge in [-0.25, -0.2) is 4.79 Å². The molecule has 0 aromatic heterocycles. The predicted molar refractivity (Wildman–Crippen MR) is 64.7 cm³/mol. The van der Waals surface area contributed by atoms with Crippen molar-refractivity contribution in [1.82, 2.24) is 10.6 Å². The zero-order chi connectivity index (χ0) is 12.8. The summed E-state index contributed by atoms with van der Waals surface area (Å²) in [5.41, 5.74) is 0. The van der Waals surface area contributed by atoms with Crippen LogP contribution >= 0.6 is 0 Å². The van der Waals surface area contributed by atoms with Gasteiger partial charge in [0.05, 0.1) is 6.04 Å². The average Bonchev–Trinajstić information content (AvgIpc) is 2.35. The van der Waals surface area contributed by atoms with Gasteiger partial charge in [0.2, 0.25) is 5.91 Å². The highest BCUT2D eigenvalue weighted by Gasteiger charge is 2.28. The highest BCUT2D eigenvalue weighted by Crippen LogP contribution is 2.19. The van der Waals surface area contributed by atoms with Crippen LogP contribution in [0.25, 0.3) is 0 Å². The molecule has 0 aliphatic carbocycles. The topological polar surface area (TPSA) is 78.4 Å². The van der Waals surface area contributed by atoms with Crippen LogP contribution in [-0.4, -0.2) is 35.6 Å². The highest BCUT2D eigenvalue weighted by atomic mass is 16.4. The van der Waals surface area contributed by atoms with Gasteiger partial charge in [-0.2, -0.15) is 0 Å². The van der Waals surface area contributed by atoms with Crippen molar-refractivity contribution in [3.05, 3.63) is 0 Å². The van der Waals surface area contributed by atoms with Crippen LogP contribution in [0.15, 0.2) is 0 Å². The molecule has 0 aromatic carbocycles. The second-order valence-electron chi connectivity index (χ2n) is 4.61. The van der Waals surface area contributed by atoms with Crippen molar-refractivity contribution in [2.24, 2.45) is 5.92 Å². The van der Waals surface area contributed by atoms with Gasteiger partial charge in [-0.3, -0.25) is 4.79 Å². The zero-order valence-electron chi connectivity index (χ0n) is 10.5. The zero-order valence-corrected chi connectivity index (χ0v) is 10.5. The summed E-state index contributed by atoms with van der Waals surface area (Å²) in [7, 11) is 0. The number of piperidine rings is 1. The molecule has 1 fully saturated rings. The lowest BCUT2D eigenvalue weighted by atomic mass is 9.90. The minimum atomic E-state index is -0.969. The molecule has 1 aliphatic rings. The van der Waals surface area contributed by atoms with Gasteiger partial charge >= 0.3 is 5.97 Å². The summed E-state index contributed by atoms with van der Waals surface area (Å²) in [6.45, 7) is 4.71. The van der Waals surface area contributed by atoms with E-state index in [2.05, 4.69) is 17.6 Å². The van der Waals surface area contributed by atoms with Crippen LogP contribution in [0.1, 0.15) is 39.5 Å². The molecule has 2 unspecified atom stereocenters. The Kier molecular flexibility index (Phi) is 5.41. The number of nitrogens with one attached hydrogen (secondary N) is 2. The first-order valence-electron chi connectivity index (χ1n) is 6.35. The third kappa shape index (κ3) is 4.00. The van der Waals surface area contributed by atoms with Gasteiger partial charge in [-0.1, -0.05) is 20.3 Å². The van der Waals surface area contributed by atoms with E-state index in [-0.39, 0.29) is 11.9 Å². The molecule has 0 saturated carbocycles. The van der Waals surface area contributed by atoms with Crippen LogP contribution in [0.4, 0.5) is 0 Å². The number of aliphatic carboxylic acids is 1. The van der Waals surface area contributed by atoms with Gasteiger partial charge < -0.3 is 15.7 Å². The Labute approximate surface area is 102 Å². The standard InChI is InChI=1S/C12H22N2O3/c1-3-8-5-6-13-10(7-8)11(15)14-9(4-2)12(16)17/h8-10,13H,3-7H2,1-2H3,(H,14,15)(H,16,17)/t8?,9-,10?/m0/s1. The third-order valence-electron chi connectivity index (χ3n) is 3.43. The number of carboxylic acids is 1. The fourth-order valence-corrected chi connectivity index (χ4v) is 2.18. The van der Waals surface area contributed by atoms with E-state index in [0.29, 0.717) is 12.3 Å². The molecule has 0 bridgehead atoms. The van der Waals surface area contributed by atoms with Crippen molar-refractivity contribution in [3.63, 3.8) is 0 Å². The minimum Gasteiger partial charge on any atom is -0.480 e. The monoisotopic (exact) mass is 242 g/mol. The second kappa shape index (κ2) is 6.59. The van der Waals surface area contributed by atoms with Gasteiger partial charge in [-0.05, 0) is 31.7 Å². The molecule has 0 radical (unpaired) electrons. The molecule has 1 rings (SSSR count). The van der Waals surface area contributed by atoms with Crippen LogP contribution in [0, 0.1) is 5.92 Å². The van der Waals surface area contributed by atoms with Crippen molar-refractivity contribution >= 4 is 11.9 Å². The van der Waals surface area contributed by atoms with E-state index < -0.39 is 12.0 Å². The minimum absolute atomic E-state index is 0.183. The molecule has 0 aromatic rings. The first kappa shape index (κ1) is 14.0. The summed E-state index contributed by atoms with van der Waals surface area (Å²) in [6, 6.07) is -1.01. The maximum atomic E-state index is 11.9. The molecule has 17 heavy (non-hydrogen) atoms. The van der Waals surface area contributed by atoms with Crippen LogP contribution in [-0.2, 0) is 9.59 Å². The van der Waals surface area contributed by atoms with Crippen molar-refractivity contribution in [1.29, 1.82) is 0 Å². The van der Waals surface area contributed by atoms with E-state index in [0.717, 1.165) is 25.8 Å². The molecule has 1 saturated heterocycles. The predicted octanol–water partition coefficient (Wildman–Crippen LogP) is 0.744. The lowest BCUT2D eigenvalue weighted by Crippen LogP contribution is -2.52. The van der Waals surface area contributed by atoms with Crippen molar-refractivity contribution in [2.75, 3.05) is 6.54 Å². The van der Waals surface area contributed by atoms with Crippen molar-refractivity contribution in [3.8, 4) is 0 Å². The van der Waals surface area contributed by atoms with Gasteiger partial charge in [0.1, 0.15) is 6.04 Å². The molecule has 5 nitrogen and oxygen atoms in total. The number of carboxylic acid groups (broad SMARTS) is 1. The lowest BCUT2D eigenvalue weighted by Gasteiger charge is -2.29. The Hall–Kier alpha value is -1.10. The Bertz CT molecular complexity index is 281. The second-order valence-corrected chi connectivity index (χ2v) is 4.61. The molecule has 1 amide bonds. The highest BCUT2D eigenvalue weighted by molar-refractivity contribution is 5.86. The van der Waals surface area contributed by atoms with E-state index >= 15 is 0 Å². The fourth-order valence-electron chi connectivity index (χ4n) is 2.18. The van der Waals surface area contributed by atoms with E-state index in [1.165, 1.54) is 0 Å². The van der Waals surface area contributed by atoms with Gasteiger partial charge in [0.15, 0.2) is 0 Å². The largest absolute Gasteiger partial charge is 0.480 e. The van der Waals surface area contributed by atoms with Crippen molar-refractivity contribution in [2.45, 2.75) is 51.6 Å². The molecule has 98 valence electrons. The molecule has 1 heterocycles. The summed E-state index contributed by atoms with van der Waals surface area (Å²) in [5.74, 6) is -0.585. The lowest BCUT2D eigenvalue weighted by molar-refractivity contribution is -0.142. The van der Waals surface area contributed by atoms with Gasteiger partial charge in [0, 0.05) is 0 Å². The first-order valence-corrected chi connectivity index (χ1v) is 6.35. The Morgan fingerprint density at radius 2 is 2.18 bits per heavy atom. The normalized spacial score (nSPS) is 26.2. The quantitative estimate of drug-likeness (QED) is 0.664. The molecule has 1 aliphatic heterocycles. The first-order chi connectivity index (χ1) is 8.08. The Morgan fingerprint density at radius 1 is 1.47 bits per heavy atom. The van der Waals surface area contributed by atoms with E-state index in [4.69, 9.17) is 5.11 Å². The molecular weight excluding hydrogens is 220 g/mol. The molecule has 3 atom stereocenters. The van der Waals surface area contributed by atoms with Crippen LogP contribution in [0.5, 0.6) is 0 Å². The molecule has 3 N–H and O–H groups in total. The number of hydrogen-bond donors (Lipinski definition) is 3. The number of rotatable bonds is 5. The number of carbonyl (C=O) groups is 2. The van der Waals surface area contributed by atoms with E-state index in [1.54, 1.807) is 6.92 Å². The molecular formula is C12H22N2O3. The van der Waals surface area contributed by atoms with Crippen molar-refractivity contribution < 1.29 is 14.7 Å². The number of amides is 1.